The zero-order chi connectivity index (χ0) is 23.2. The molecule has 0 aromatic carbocycles. The molecule has 0 radical (unpaired) electrons. The van der Waals surface area contributed by atoms with E-state index in [-0.39, 0.29) is 12.3 Å². The summed E-state index contributed by atoms with van der Waals surface area (Å²) in [5.41, 5.74) is 2.79. The van der Waals surface area contributed by atoms with Crippen molar-refractivity contribution in [3.8, 4) is 11.1 Å². The molecule has 3 aromatic rings. The summed E-state index contributed by atoms with van der Waals surface area (Å²) in [6.45, 7) is 8.68. The first-order valence-electron chi connectivity index (χ1n) is 11.6. The predicted octanol–water partition coefficient (Wildman–Crippen LogP) is 5.23. The Hall–Kier alpha value is -2.39. The number of rotatable bonds is 4. The second-order valence-corrected chi connectivity index (χ2v) is 10.8. The molecule has 2 aliphatic heterocycles. The Kier molecular flexibility index (Phi) is 5.95. The van der Waals surface area contributed by atoms with Gasteiger partial charge in [0.25, 0.3) is 0 Å². The lowest BCUT2D eigenvalue weighted by molar-refractivity contribution is -0.0394. The van der Waals surface area contributed by atoms with Crippen molar-refractivity contribution < 1.29 is 14.3 Å². The van der Waals surface area contributed by atoms with Gasteiger partial charge in [-0.15, -0.1) is 0 Å². The zero-order valence-electron chi connectivity index (χ0n) is 19.3. The quantitative estimate of drug-likeness (QED) is 0.444. The summed E-state index contributed by atoms with van der Waals surface area (Å²) >= 11 is 3.52. The van der Waals surface area contributed by atoms with Crippen LogP contribution < -0.4 is 0 Å². The van der Waals surface area contributed by atoms with Crippen molar-refractivity contribution in [3.63, 3.8) is 0 Å². The first kappa shape index (κ1) is 22.4. The van der Waals surface area contributed by atoms with Crippen molar-refractivity contribution in [2.45, 2.75) is 58.4 Å². The second-order valence-electron chi connectivity index (χ2n) is 10.0. The van der Waals surface area contributed by atoms with Crippen LogP contribution in [0.2, 0.25) is 0 Å². The molecular formula is C24H30BrN5O3. The van der Waals surface area contributed by atoms with Gasteiger partial charge >= 0.3 is 6.09 Å². The number of hydrogen-bond acceptors (Lipinski definition) is 5. The maximum absolute atomic E-state index is 12.3. The highest BCUT2D eigenvalue weighted by molar-refractivity contribution is 9.10. The Morgan fingerprint density at radius 2 is 2.06 bits per heavy atom. The summed E-state index contributed by atoms with van der Waals surface area (Å²) in [6.07, 6.45) is 11.1. The van der Waals surface area contributed by atoms with E-state index in [4.69, 9.17) is 9.47 Å². The van der Waals surface area contributed by atoms with Gasteiger partial charge < -0.3 is 18.9 Å². The molecule has 0 aliphatic carbocycles. The SMILES string of the molecule is CC(C)(C)OC(=O)N1CC(Cn2cc(-c3cnn(C4CCCCO4)c3)c3cc(Br)ncc32)C1. The predicted molar refractivity (Wildman–Crippen MR) is 129 cm³/mol. The topological polar surface area (TPSA) is 74.4 Å². The maximum atomic E-state index is 12.3. The largest absolute Gasteiger partial charge is 0.444 e. The molecule has 8 nitrogen and oxygen atoms in total. The normalized spacial score (nSPS) is 19.6. The highest BCUT2D eigenvalue weighted by Crippen LogP contribution is 2.34. The standard InChI is InChI=1S/C24H30BrN5O3/c1-24(2,3)33-23(31)29-12-16(13-29)11-28-15-19(18-8-21(25)26-10-20(18)28)17-9-27-30(14-17)22-6-4-5-7-32-22/h8-10,14-16,22H,4-7,11-13H2,1-3H3. The average Bonchev–Trinajstić information content (AvgIpc) is 3.34. The highest BCUT2D eigenvalue weighted by atomic mass is 79.9. The van der Waals surface area contributed by atoms with Gasteiger partial charge in [0.1, 0.15) is 16.4 Å². The first-order valence-corrected chi connectivity index (χ1v) is 12.3. The van der Waals surface area contributed by atoms with E-state index in [0.29, 0.717) is 19.0 Å². The van der Waals surface area contributed by atoms with Crippen molar-refractivity contribution >= 4 is 32.9 Å². The Morgan fingerprint density at radius 3 is 2.79 bits per heavy atom. The fourth-order valence-electron chi connectivity index (χ4n) is 4.55. The maximum Gasteiger partial charge on any atom is 0.410 e. The van der Waals surface area contributed by atoms with E-state index in [1.54, 1.807) is 4.90 Å². The first-order chi connectivity index (χ1) is 15.8. The van der Waals surface area contributed by atoms with Crippen LogP contribution in [0, 0.1) is 5.92 Å². The third kappa shape index (κ3) is 4.80. The third-order valence-corrected chi connectivity index (χ3v) is 6.59. The lowest BCUT2D eigenvalue weighted by Crippen LogP contribution is -2.52. The van der Waals surface area contributed by atoms with E-state index >= 15 is 0 Å². The molecular weight excluding hydrogens is 486 g/mol. The summed E-state index contributed by atoms with van der Waals surface area (Å²) in [4.78, 5) is 18.5. The van der Waals surface area contributed by atoms with Crippen LogP contribution in [0.4, 0.5) is 4.79 Å². The molecule has 0 bridgehead atoms. The van der Waals surface area contributed by atoms with Crippen LogP contribution in [0.1, 0.15) is 46.3 Å². The van der Waals surface area contributed by atoms with Gasteiger partial charge in [-0.1, -0.05) is 0 Å². The van der Waals surface area contributed by atoms with Crippen molar-refractivity contribution in [3.05, 3.63) is 35.5 Å². The monoisotopic (exact) mass is 515 g/mol. The van der Waals surface area contributed by atoms with E-state index in [1.165, 1.54) is 6.42 Å². The lowest BCUT2D eigenvalue weighted by Gasteiger charge is -2.40. The highest BCUT2D eigenvalue weighted by Gasteiger charge is 2.34. The molecule has 0 spiro atoms. The molecule has 33 heavy (non-hydrogen) atoms. The molecule has 9 heteroatoms. The van der Waals surface area contributed by atoms with Gasteiger partial charge in [-0.05, 0) is 62.0 Å². The van der Waals surface area contributed by atoms with E-state index in [0.717, 1.165) is 52.6 Å². The Balaban J connectivity index is 1.35. The van der Waals surface area contributed by atoms with Gasteiger partial charge in [0, 0.05) is 61.1 Å². The number of ether oxygens (including phenoxy) is 2. The van der Waals surface area contributed by atoms with Crippen molar-refractivity contribution in [1.29, 1.82) is 0 Å². The Labute approximate surface area is 202 Å². The van der Waals surface area contributed by atoms with Gasteiger partial charge in [-0.3, -0.25) is 0 Å². The fraction of sp³-hybridized carbons (Fsp3) is 0.542. The molecule has 1 atom stereocenters. The third-order valence-electron chi connectivity index (χ3n) is 6.16. The van der Waals surface area contributed by atoms with Crippen LogP contribution in [0.25, 0.3) is 22.0 Å². The Morgan fingerprint density at radius 1 is 1.24 bits per heavy atom. The number of halogens is 1. The van der Waals surface area contributed by atoms with Gasteiger partial charge in [-0.25, -0.2) is 14.5 Å². The van der Waals surface area contributed by atoms with Crippen molar-refractivity contribution in [1.82, 2.24) is 24.2 Å². The lowest BCUT2D eigenvalue weighted by atomic mass is 10.0. The molecule has 5 rings (SSSR count). The van der Waals surface area contributed by atoms with Crippen LogP contribution in [-0.2, 0) is 16.0 Å². The van der Waals surface area contributed by atoms with Gasteiger partial charge in [0.05, 0.1) is 17.9 Å². The van der Waals surface area contributed by atoms with Gasteiger partial charge in [0.2, 0.25) is 0 Å². The minimum absolute atomic E-state index is 0.0167. The van der Waals surface area contributed by atoms with Crippen LogP contribution >= 0.6 is 15.9 Å². The number of carbonyl (C=O) groups excluding carboxylic acids is 1. The van der Waals surface area contributed by atoms with E-state index in [2.05, 4.69) is 49.0 Å². The molecule has 3 aromatic heterocycles. The molecule has 176 valence electrons. The molecule has 1 amide bonds. The average molecular weight is 516 g/mol. The molecule has 2 saturated heterocycles. The number of amides is 1. The van der Waals surface area contributed by atoms with Crippen molar-refractivity contribution in [2.24, 2.45) is 5.92 Å². The van der Waals surface area contributed by atoms with Crippen LogP contribution in [0.5, 0.6) is 0 Å². The number of pyridine rings is 1. The van der Waals surface area contributed by atoms with E-state index < -0.39 is 5.60 Å². The number of aromatic nitrogens is 4. The minimum Gasteiger partial charge on any atom is -0.444 e. The second kappa shape index (κ2) is 8.76. The smallest absolute Gasteiger partial charge is 0.410 e. The number of carbonyl (C=O) groups is 1. The molecule has 5 heterocycles. The number of fused-ring (bicyclic) bond motifs is 1. The zero-order valence-corrected chi connectivity index (χ0v) is 20.9. The van der Waals surface area contributed by atoms with Gasteiger partial charge in [-0.2, -0.15) is 5.10 Å². The van der Waals surface area contributed by atoms with Crippen molar-refractivity contribution in [2.75, 3.05) is 19.7 Å². The van der Waals surface area contributed by atoms with E-state index in [1.807, 2.05) is 37.8 Å². The summed E-state index contributed by atoms with van der Waals surface area (Å²) in [7, 11) is 0. The minimum atomic E-state index is -0.472. The summed E-state index contributed by atoms with van der Waals surface area (Å²) < 4.78 is 16.4. The summed E-state index contributed by atoms with van der Waals surface area (Å²) in [6, 6.07) is 2.06. The Bertz CT molecular complexity index is 1150. The summed E-state index contributed by atoms with van der Waals surface area (Å²) in [5, 5.41) is 5.73. The van der Waals surface area contributed by atoms with Crippen LogP contribution in [0.3, 0.4) is 0 Å². The molecule has 0 N–H and O–H groups in total. The number of hydrogen-bond donors (Lipinski definition) is 0. The molecule has 2 fully saturated rings. The summed E-state index contributed by atoms with van der Waals surface area (Å²) in [5.74, 6) is 0.378. The number of likely N-dealkylation sites (tertiary alicyclic amines) is 1. The van der Waals surface area contributed by atoms with Gasteiger partial charge in [0.15, 0.2) is 0 Å². The molecule has 2 aliphatic rings. The molecule has 0 saturated carbocycles. The van der Waals surface area contributed by atoms with Crippen LogP contribution in [0.15, 0.2) is 35.5 Å². The fourth-order valence-corrected chi connectivity index (χ4v) is 4.88. The number of nitrogens with zero attached hydrogens (tertiary/aromatic N) is 5. The van der Waals surface area contributed by atoms with E-state index in [9.17, 15) is 4.79 Å². The molecule has 1 unspecified atom stereocenters. The van der Waals surface area contributed by atoms with Crippen LogP contribution in [-0.4, -0.2) is 55.6 Å².